The van der Waals surface area contributed by atoms with E-state index in [9.17, 15) is 30.0 Å². The van der Waals surface area contributed by atoms with Crippen LogP contribution < -0.4 is 0 Å². The van der Waals surface area contributed by atoms with E-state index < -0.39 is 49.4 Å². The monoisotopic (exact) mass is 895 g/mol. The zero-order valence-electron chi connectivity index (χ0n) is 40.6. The Hall–Kier alpha value is -1.82. The molecule has 0 spiro atoms. The third-order valence-corrected chi connectivity index (χ3v) is 12.3. The highest BCUT2D eigenvalue weighted by Crippen LogP contribution is 2.23. The molecule has 10 heteroatoms. The van der Waals surface area contributed by atoms with Crippen molar-refractivity contribution < 1.29 is 49.0 Å². The summed E-state index contributed by atoms with van der Waals surface area (Å²) >= 11 is 0. The van der Waals surface area contributed by atoms with Gasteiger partial charge in [-0.2, -0.15) is 0 Å². The Morgan fingerprint density at radius 2 is 0.841 bits per heavy atom. The quantitative estimate of drug-likeness (QED) is 0.0264. The molecule has 10 nitrogen and oxygen atoms in total. The molecule has 63 heavy (non-hydrogen) atoms. The van der Waals surface area contributed by atoms with Crippen LogP contribution in [0.2, 0.25) is 0 Å². The number of hydrogen-bond acceptors (Lipinski definition) is 10. The number of ether oxygens (including phenoxy) is 4. The molecule has 1 heterocycles. The molecule has 4 N–H and O–H groups in total. The van der Waals surface area contributed by atoms with Crippen LogP contribution in [0.3, 0.4) is 0 Å². The van der Waals surface area contributed by atoms with Crippen molar-refractivity contribution >= 4 is 11.9 Å². The largest absolute Gasteiger partial charge is 0.462 e. The van der Waals surface area contributed by atoms with Crippen molar-refractivity contribution in [3.05, 3.63) is 24.3 Å². The summed E-state index contributed by atoms with van der Waals surface area (Å²) in [6.45, 7) is 3.45. The second kappa shape index (κ2) is 44.0. The fourth-order valence-electron chi connectivity index (χ4n) is 8.12. The number of aliphatic hydroxyl groups excluding tert-OH is 4. The highest BCUT2D eigenvalue weighted by Gasteiger charge is 2.44. The minimum absolute atomic E-state index is 0.217. The molecule has 1 fully saturated rings. The summed E-state index contributed by atoms with van der Waals surface area (Å²) in [5.74, 6) is -0.803. The number of unbranched alkanes of at least 4 members (excludes halogenated alkanes) is 30. The summed E-state index contributed by atoms with van der Waals surface area (Å²) in [6.07, 6.45) is 43.3. The number of carbonyl (C=O) groups excluding carboxylic acids is 2. The van der Waals surface area contributed by atoms with Gasteiger partial charge >= 0.3 is 11.9 Å². The van der Waals surface area contributed by atoms with Gasteiger partial charge in [0.25, 0.3) is 0 Å². The average molecular weight is 895 g/mol. The molecule has 0 radical (unpaired) electrons. The fraction of sp³-hybridized carbons (Fsp3) is 0.887. The molecule has 1 rings (SSSR count). The predicted molar refractivity (Wildman–Crippen MR) is 256 cm³/mol. The number of rotatable bonds is 45. The van der Waals surface area contributed by atoms with Crippen LogP contribution in [0.5, 0.6) is 0 Å². The van der Waals surface area contributed by atoms with Crippen LogP contribution in [0.25, 0.3) is 0 Å². The lowest BCUT2D eigenvalue weighted by atomic mass is 9.99. The maximum absolute atomic E-state index is 12.8. The standard InChI is InChI=1S/C53H98O10/c1-3-5-7-9-11-13-15-17-19-21-22-23-24-26-28-30-32-34-36-38-40-42-49(56)62-46(45-61-53-52(59)51(58)50(57)47(43-54)63-53)44-60-48(55)41-39-37-35-33-31-29-27-25-20-18-16-14-12-10-8-6-4-2/h18,20-22,46-47,50-54,57-59H,3-17,19,23-45H2,1-2H3/b20-18-,22-21-. The molecule has 1 aliphatic rings. The number of allylic oxidation sites excluding steroid dienone is 4. The van der Waals surface area contributed by atoms with Crippen LogP contribution in [0.1, 0.15) is 245 Å². The molecule has 0 saturated carbocycles. The van der Waals surface area contributed by atoms with Gasteiger partial charge in [-0.1, -0.05) is 192 Å². The van der Waals surface area contributed by atoms with E-state index in [1.54, 1.807) is 0 Å². The van der Waals surface area contributed by atoms with Gasteiger partial charge in [0.1, 0.15) is 31.0 Å². The Labute approximate surface area is 385 Å². The first-order valence-electron chi connectivity index (χ1n) is 26.4. The highest BCUT2D eigenvalue weighted by atomic mass is 16.7. The van der Waals surface area contributed by atoms with Gasteiger partial charge in [0.15, 0.2) is 12.4 Å². The van der Waals surface area contributed by atoms with E-state index in [1.165, 1.54) is 161 Å². The van der Waals surface area contributed by atoms with Crippen LogP contribution in [-0.2, 0) is 28.5 Å². The van der Waals surface area contributed by atoms with Gasteiger partial charge < -0.3 is 39.4 Å². The lowest BCUT2D eigenvalue weighted by Crippen LogP contribution is -2.59. The van der Waals surface area contributed by atoms with Gasteiger partial charge in [0.2, 0.25) is 0 Å². The van der Waals surface area contributed by atoms with E-state index in [0.717, 1.165) is 51.4 Å². The summed E-state index contributed by atoms with van der Waals surface area (Å²) in [6, 6.07) is 0. The first-order valence-corrected chi connectivity index (χ1v) is 26.4. The van der Waals surface area contributed by atoms with Crippen LogP contribution in [0.4, 0.5) is 0 Å². The third-order valence-electron chi connectivity index (χ3n) is 12.3. The minimum Gasteiger partial charge on any atom is -0.462 e. The van der Waals surface area contributed by atoms with Crippen molar-refractivity contribution in [2.75, 3.05) is 19.8 Å². The lowest BCUT2D eigenvalue weighted by molar-refractivity contribution is -0.305. The van der Waals surface area contributed by atoms with Gasteiger partial charge in [-0.25, -0.2) is 0 Å². The van der Waals surface area contributed by atoms with E-state index in [-0.39, 0.29) is 32.0 Å². The van der Waals surface area contributed by atoms with E-state index in [2.05, 4.69) is 38.2 Å². The van der Waals surface area contributed by atoms with Gasteiger partial charge in [-0.15, -0.1) is 0 Å². The molecule has 0 aromatic rings. The highest BCUT2D eigenvalue weighted by molar-refractivity contribution is 5.70. The third kappa shape index (κ3) is 35.1. The molecule has 0 amide bonds. The van der Waals surface area contributed by atoms with Crippen molar-refractivity contribution in [2.24, 2.45) is 0 Å². The molecular formula is C53H98O10. The molecule has 0 aromatic carbocycles. The number of esters is 2. The number of aliphatic hydroxyl groups is 4. The average Bonchev–Trinajstić information content (AvgIpc) is 3.28. The van der Waals surface area contributed by atoms with Gasteiger partial charge in [-0.05, 0) is 64.2 Å². The normalized spacial score (nSPS) is 19.6. The summed E-state index contributed by atoms with van der Waals surface area (Å²) in [5.41, 5.74) is 0. The van der Waals surface area contributed by atoms with Crippen molar-refractivity contribution in [3.63, 3.8) is 0 Å². The van der Waals surface area contributed by atoms with E-state index in [1.807, 2.05) is 0 Å². The molecule has 0 bridgehead atoms. The lowest BCUT2D eigenvalue weighted by Gasteiger charge is -2.39. The SMILES string of the molecule is CCCCCCCC/C=C\CCCCCCCCCC(=O)OCC(COC1OC(CO)C(O)C(O)C1O)OC(=O)CCCCCCCCCCC/C=C\CCCCCCCCCC. The predicted octanol–water partition coefficient (Wildman–Crippen LogP) is 12.5. The molecular weight excluding hydrogens is 797 g/mol. The van der Waals surface area contributed by atoms with Crippen molar-refractivity contribution in [2.45, 2.75) is 282 Å². The fourth-order valence-corrected chi connectivity index (χ4v) is 8.12. The van der Waals surface area contributed by atoms with E-state index in [4.69, 9.17) is 18.9 Å². The van der Waals surface area contributed by atoms with Gasteiger partial charge in [0.05, 0.1) is 13.2 Å². The molecule has 1 aliphatic heterocycles. The molecule has 6 atom stereocenters. The maximum Gasteiger partial charge on any atom is 0.306 e. The molecule has 6 unspecified atom stereocenters. The van der Waals surface area contributed by atoms with Crippen molar-refractivity contribution in [1.29, 1.82) is 0 Å². The zero-order valence-corrected chi connectivity index (χ0v) is 40.6. The molecule has 1 saturated heterocycles. The van der Waals surface area contributed by atoms with Crippen LogP contribution in [0, 0.1) is 0 Å². The Balaban J connectivity index is 2.25. The van der Waals surface area contributed by atoms with Crippen molar-refractivity contribution in [3.8, 4) is 0 Å². The second-order valence-electron chi connectivity index (χ2n) is 18.3. The first kappa shape index (κ1) is 59.2. The number of carbonyl (C=O) groups is 2. The summed E-state index contributed by atoms with van der Waals surface area (Å²) in [4.78, 5) is 25.5. The Morgan fingerprint density at radius 1 is 0.476 bits per heavy atom. The van der Waals surface area contributed by atoms with Crippen LogP contribution >= 0.6 is 0 Å². The van der Waals surface area contributed by atoms with Crippen molar-refractivity contribution in [1.82, 2.24) is 0 Å². The number of hydrogen-bond donors (Lipinski definition) is 4. The van der Waals surface area contributed by atoms with E-state index >= 15 is 0 Å². The van der Waals surface area contributed by atoms with Gasteiger partial charge in [0, 0.05) is 12.8 Å². The molecule has 0 aliphatic carbocycles. The molecule has 0 aromatic heterocycles. The Bertz CT molecular complexity index is 1080. The minimum atomic E-state index is -1.59. The summed E-state index contributed by atoms with van der Waals surface area (Å²) in [7, 11) is 0. The Kier molecular flexibility index (Phi) is 41.4. The smallest absolute Gasteiger partial charge is 0.306 e. The van der Waals surface area contributed by atoms with Crippen LogP contribution in [-0.4, -0.2) is 89.0 Å². The topological polar surface area (TPSA) is 152 Å². The molecule has 370 valence electrons. The first-order chi connectivity index (χ1) is 30.8. The summed E-state index contributed by atoms with van der Waals surface area (Å²) in [5, 5.41) is 40.2. The van der Waals surface area contributed by atoms with E-state index in [0.29, 0.717) is 6.42 Å². The Morgan fingerprint density at radius 3 is 1.24 bits per heavy atom. The maximum atomic E-state index is 12.8. The zero-order chi connectivity index (χ0) is 45.9. The van der Waals surface area contributed by atoms with Gasteiger partial charge in [-0.3, -0.25) is 9.59 Å². The second-order valence-corrected chi connectivity index (χ2v) is 18.3. The van der Waals surface area contributed by atoms with Crippen LogP contribution in [0.15, 0.2) is 24.3 Å². The summed E-state index contributed by atoms with van der Waals surface area (Å²) < 4.78 is 22.3.